The maximum absolute atomic E-state index is 11.7. The lowest BCUT2D eigenvalue weighted by Gasteiger charge is -2.13. The van der Waals surface area contributed by atoms with Crippen molar-refractivity contribution in [1.82, 2.24) is 5.32 Å². The number of benzene rings is 1. The van der Waals surface area contributed by atoms with Gasteiger partial charge in [-0.3, -0.25) is 4.79 Å². The quantitative estimate of drug-likeness (QED) is 0.803. The van der Waals surface area contributed by atoms with Crippen LogP contribution in [0.3, 0.4) is 0 Å². The highest BCUT2D eigenvalue weighted by Gasteiger charge is 2.07. The van der Waals surface area contributed by atoms with Gasteiger partial charge in [0.2, 0.25) is 5.91 Å². The van der Waals surface area contributed by atoms with Crippen molar-refractivity contribution in [3.63, 3.8) is 0 Å². The Bertz CT molecular complexity index is 595. The number of aliphatic hydroxyl groups is 1. The van der Waals surface area contributed by atoms with E-state index in [1.165, 1.54) is 6.08 Å². The summed E-state index contributed by atoms with van der Waals surface area (Å²) in [5, 5.41) is 13.1. The standard InChI is InChI=1S/C17H21NO3/c1-12(9-13(2)19)11-18-17(20)8-7-15-10-14-5-3-4-6-16(14)21-15/h3-8,10,12-13,19H,9,11H2,1-2H3,(H,18,20)/b8-7+. The van der Waals surface area contributed by atoms with Gasteiger partial charge in [0.05, 0.1) is 6.10 Å². The third kappa shape index (κ3) is 4.76. The minimum Gasteiger partial charge on any atom is -0.457 e. The van der Waals surface area contributed by atoms with Crippen LogP contribution >= 0.6 is 0 Å². The van der Waals surface area contributed by atoms with Crippen LogP contribution in [0.15, 0.2) is 40.8 Å². The average Bonchev–Trinajstić information content (AvgIpc) is 2.85. The van der Waals surface area contributed by atoms with E-state index in [0.29, 0.717) is 18.7 Å². The molecule has 4 nitrogen and oxygen atoms in total. The van der Waals surface area contributed by atoms with Gasteiger partial charge in [0.15, 0.2) is 0 Å². The summed E-state index contributed by atoms with van der Waals surface area (Å²) >= 11 is 0. The zero-order valence-corrected chi connectivity index (χ0v) is 12.4. The number of aliphatic hydroxyl groups excluding tert-OH is 1. The molecule has 0 aliphatic heterocycles. The van der Waals surface area contributed by atoms with E-state index in [0.717, 1.165) is 11.0 Å². The van der Waals surface area contributed by atoms with E-state index in [4.69, 9.17) is 4.42 Å². The Hall–Kier alpha value is -2.07. The van der Waals surface area contributed by atoms with Gasteiger partial charge >= 0.3 is 0 Å². The summed E-state index contributed by atoms with van der Waals surface area (Å²) in [6, 6.07) is 9.62. The van der Waals surface area contributed by atoms with Crippen LogP contribution in [0.4, 0.5) is 0 Å². The summed E-state index contributed by atoms with van der Waals surface area (Å²) < 4.78 is 5.60. The lowest BCUT2D eigenvalue weighted by Crippen LogP contribution is -2.27. The average molecular weight is 287 g/mol. The summed E-state index contributed by atoms with van der Waals surface area (Å²) in [4.78, 5) is 11.7. The highest BCUT2D eigenvalue weighted by molar-refractivity contribution is 5.92. The van der Waals surface area contributed by atoms with Gasteiger partial charge < -0.3 is 14.8 Å². The number of hydrogen-bond donors (Lipinski definition) is 2. The lowest BCUT2D eigenvalue weighted by molar-refractivity contribution is -0.116. The predicted molar refractivity (Wildman–Crippen MR) is 83.7 cm³/mol. The summed E-state index contributed by atoms with van der Waals surface area (Å²) in [6.45, 7) is 4.30. The minimum absolute atomic E-state index is 0.159. The first-order valence-corrected chi connectivity index (χ1v) is 7.17. The Morgan fingerprint density at radius 3 is 2.86 bits per heavy atom. The third-order valence-electron chi connectivity index (χ3n) is 3.21. The second kappa shape index (κ2) is 7.09. The van der Waals surface area contributed by atoms with Crippen LogP contribution in [-0.2, 0) is 4.79 Å². The van der Waals surface area contributed by atoms with E-state index in [1.54, 1.807) is 13.0 Å². The molecule has 2 rings (SSSR count). The van der Waals surface area contributed by atoms with Crippen LogP contribution in [0.25, 0.3) is 17.0 Å². The van der Waals surface area contributed by atoms with Crippen LogP contribution in [-0.4, -0.2) is 23.7 Å². The molecule has 0 bridgehead atoms. The summed E-state index contributed by atoms with van der Waals surface area (Å²) in [7, 11) is 0. The fourth-order valence-electron chi connectivity index (χ4n) is 2.24. The summed E-state index contributed by atoms with van der Waals surface area (Å²) in [5.74, 6) is 0.741. The van der Waals surface area contributed by atoms with Crippen LogP contribution in [0.5, 0.6) is 0 Å². The van der Waals surface area contributed by atoms with E-state index in [-0.39, 0.29) is 17.9 Å². The molecule has 0 fully saturated rings. The molecule has 1 amide bonds. The second-order valence-corrected chi connectivity index (χ2v) is 5.45. The fraction of sp³-hybridized carbons (Fsp3) is 0.353. The maximum Gasteiger partial charge on any atom is 0.244 e. The molecule has 2 aromatic rings. The molecule has 2 unspecified atom stereocenters. The first-order chi connectivity index (χ1) is 10.0. The number of furan rings is 1. The van der Waals surface area contributed by atoms with E-state index in [1.807, 2.05) is 37.3 Å². The van der Waals surface area contributed by atoms with Gasteiger partial charge in [0.25, 0.3) is 0 Å². The number of fused-ring (bicyclic) bond motifs is 1. The van der Waals surface area contributed by atoms with Gasteiger partial charge in [-0.25, -0.2) is 0 Å². The molecule has 2 atom stereocenters. The Kier molecular flexibility index (Phi) is 5.17. The van der Waals surface area contributed by atoms with Gasteiger partial charge in [-0.05, 0) is 37.5 Å². The summed E-state index contributed by atoms with van der Waals surface area (Å²) in [6.07, 6.45) is 3.46. The molecule has 21 heavy (non-hydrogen) atoms. The molecule has 1 aromatic heterocycles. The Labute approximate surface area is 124 Å². The normalized spacial score (nSPS) is 14.4. The number of rotatable bonds is 6. The van der Waals surface area contributed by atoms with Crippen molar-refractivity contribution >= 4 is 23.0 Å². The molecule has 2 N–H and O–H groups in total. The molecule has 1 aromatic carbocycles. The monoisotopic (exact) mass is 287 g/mol. The maximum atomic E-state index is 11.7. The number of para-hydroxylation sites is 1. The van der Waals surface area contributed by atoms with Crippen LogP contribution < -0.4 is 5.32 Å². The van der Waals surface area contributed by atoms with Gasteiger partial charge in [-0.15, -0.1) is 0 Å². The van der Waals surface area contributed by atoms with Gasteiger partial charge in [-0.2, -0.15) is 0 Å². The largest absolute Gasteiger partial charge is 0.457 e. The molecular weight excluding hydrogens is 266 g/mol. The number of carbonyl (C=O) groups is 1. The minimum atomic E-state index is -0.344. The number of nitrogens with one attached hydrogen (secondary N) is 1. The van der Waals surface area contributed by atoms with Crippen molar-refractivity contribution < 1.29 is 14.3 Å². The first kappa shape index (κ1) is 15.3. The van der Waals surface area contributed by atoms with Crippen LogP contribution in [0.2, 0.25) is 0 Å². The van der Waals surface area contributed by atoms with Crippen molar-refractivity contribution in [2.24, 2.45) is 5.92 Å². The molecule has 4 heteroatoms. The Morgan fingerprint density at radius 1 is 1.38 bits per heavy atom. The van der Waals surface area contributed by atoms with E-state index >= 15 is 0 Å². The molecule has 0 spiro atoms. The van der Waals surface area contributed by atoms with Crippen molar-refractivity contribution in [3.8, 4) is 0 Å². The Balaban J connectivity index is 1.87. The molecule has 0 aliphatic carbocycles. The van der Waals surface area contributed by atoms with Crippen molar-refractivity contribution in [2.75, 3.05) is 6.54 Å². The highest BCUT2D eigenvalue weighted by Crippen LogP contribution is 2.19. The SMILES string of the molecule is CC(O)CC(C)CNC(=O)/C=C/c1cc2ccccc2o1. The van der Waals surface area contributed by atoms with Gasteiger partial charge in [0.1, 0.15) is 11.3 Å². The van der Waals surface area contributed by atoms with E-state index < -0.39 is 0 Å². The third-order valence-corrected chi connectivity index (χ3v) is 3.21. The first-order valence-electron chi connectivity index (χ1n) is 7.17. The molecule has 0 saturated carbocycles. The Morgan fingerprint density at radius 2 is 2.14 bits per heavy atom. The van der Waals surface area contributed by atoms with Gasteiger partial charge in [-0.1, -0.05) is 25.1 Å². The van der Waals surface area contributed by atoms with Crippen LogP contribution in [0.1, 0.15) is 26.0 Å². The van der Waals surface area contributed by atoms with Crippen molar-refractivity contribution in [3.05, 3.63) is 42.2 Å². The van der Waals surface area contributed by atoms with Gasteiger partial charge in [0, 0.05) is 18.0 Å². The molecule has 0 radical (unpaired) electrons. The predicted octanol–water partition coefficient (Wildman–Crippen LogP) is 2.97. The molecule has 112 valence electrons. The molecular formula is C17H21NO3. The molecule has 0 aliphatic rings. The topological polar surface area (TPSA) is 62.5 Å². The zero-order valence-electron chi connectivity index (χ0n) is 12.4. The molecule has 0 saturated heterocycles. The fourth-order valence-corrected chi connectivity index (χ4v) is 2.24. The zero-order chi connectivity index (χ0) is 15.2. The number of hydrogen-bond acceptors (Lipinski definition) is 3. The number of amides is 1. The van der Waals surface area contributed by atoms with Crippen LogP contribution in [0, 0.1) is 5.92 Å². The lowest BCUT2D eigenvalue weighted by atomic mass is 10.0. The smallest absolute Gasteiger partial charge is 0.244 e. The van der Waals surface area contributed by atoms with E-state index in [2.05, 4.69) is 5.32 Å². The van der Waals surface area contributed by atoms with Crippen molar-refractivity contribution in [2.45, 2.75) is 26.4 Å². The number of carbonyl (C=O) groups excluding carboxylic acids is 1. The second-order valence-electron chi connectivity index (χ2n) is 5.45. The highest BCUT2D eigenvalue weighted by atomic mass is 16.3. The summed E-state index contributed by atoms with van der Waals surface area (Å²) in [5.41, 5.74) is 0.808. The van der Waals surface area contributed by atoms with E-state index in [9.17, 15) is 9.90 Å². The van der Waals surface area contributed by atoms with Crippen molar-refractivity contribution in [1.29, 1.82) is 0 Å². The molecule has 1 heterocycles.